The number of hydrogen-bond donors (Lipinski definition) is 2. The number of anilines is 1. The topological polar surface area (TPSA) is 49.3 Å². The first-order valence-corrected chi connectivity index (χ1v) is 7.56. The van der Waals surface area contributed by atoms with Gasteiger partial charge in [-0.1, -0.05) is 6.07 Å². The molecule has 0 heterocycles. The van der Waals surface area contributed by atoms with E-state index < -0.39 is 0 Å². The normalized spacial score (nSPS) is 21.7. The molecule has 2 unspecified atom stereocenters. The van der Waals surface area contributed by atoms with E-state index in [0.717, 1.165) is 30.4 Å². The minimum absolute atomic E-state index is 0.241. The van der Waals surface area contributed by atoms with E-state index in [1.54, 1.807) is 24.3 Å². The zero-order valence-electron chi connectivity index (χ0n) is 12.0. The zero-order valence-corrected chi connectivity index (χ0v) is 12.0. The summed E-state index contributed by atoms with van der Waals surface area (Å²) >= 11 is 0. The predicted octanol–water partition coefficient (Wildman–Crippen LogP) is 4.15. The van der Waals surface area contributed by atoms with Gasteiger partial charge in [0, 0.05) is 16.8 Å². The molecule has 0 saturated heterocycles. The molecule has 112 valence electrons. The molecule has 2 aromatic carbocycles. The molecule has 2 aliphatic rings. The maximum atomic E-state index is 13.2. The molecule has 2 aromatic rings. The van der Waals surface area contributed by atoms with Crippen LogP contribution in [0.2, 0.25) is 0 Å². The lowest BCUT2D eigenvalue weighted by Gasteiger charge is -2.19. The molecule has 0 spiro atoms. The summed E-state index contributed by atoms with van der Waals surface area (Å²) in [5.41, 5.74) is 2.98. The van der Waals surface area contributed by atoms with Gasteiger partial charge < -0.3 is 10.4 Å². The number of aromatic hydroxyl groups is 1. The van der Waals surface area contributed by atoms with Gasteiger partial charge in [-0.25, -0.2) is 4.39 Å². The fourth-order valence-electron chi connectivity index (χ4n) is 3.96. The molecule has 2 atom stereocenters. The van der Waals surface area contributed by atoms with Gasteiger partial charge in [0.25, 0.3) is 5.91 Å². The van der Waals surface area contributed by atoms with Crippen LogP contribution in [0.25, 0.3) is 0 Å². The monoisotopic (exact) mass is 297 g/mol. The molecular formula is C18H16FNO2. The van der Waals surface area contributed by atoms with Crippen molar-refractivity contribution in [3.05, 3.63) is 58.9 Å². The maximum Gasteiger partial charge on any atom is 0.255 e. The molecule has 2 N–H and O–H groups in total. The highest BCUT2D eigenvalue weighted by Crippen LogP contribution is 2.56. The van der Waals surface area contributed by atoms with Crippen LogP contribution in [0.1, 0.15) is 52.6 Å². The molecule has 22 heavy (non-hydrogen) atoms. The smallest absolute Gasteiger partial charge is 0.255 e. The number of hydrogen-bond acceptors (Lipinski definition) is 2. The second-order valence-corrected chi connectivity index (χ2v) is 6.13. The van der Waals surface area contributed by atoms with E-state index in [4.69, 9.17) is 0 Å². The summed E-state index contributed by atoms with van der Waals surface area (Å²) in [4.78, 5) is 12.6. The summed E-state index contributed by atoms with van der Waals surface area (Å²) in [5.74, 6) is 0.411. The Balaban J connectivity index is 1.70. The lowest BCUT2D eigenvalue weighted by atomic mass is 9.87. The van der Waals surface area contributed by atoms with E-state index in [-0.39, 0.29) is 11.7 Å². The summed E-state index contributed by atoms with van der Waals surface area (Å²) < 4.78 is 13.2. The van der Waals surface area contributed by atoms with E-state index in [0.29, 0.717) is 28.8 Å². The number of benzene rings is 2. The first-order chi connectivity index (χ1) is 10.6. The number of carbonyl (C=O) groups excluding carboxylic acids is 1. The minimum Gasteiger partial charge on any atom is -0.508 e. The predicted molar refractivity (Wildman–Crippen MR) is 81.8 cm³/mol. The van der Waals surface area contributed by atoms with Crippen molar-refractivity contribution in [2.24, 2.45) is 0 Å². The molecule has 4 heteroatoms. The van der Waals surface area contributed by atoms with Crippen LogP contribution >= 0.6 is 0 Å². The molecule has 2 bridgehead atoms. The number of amides is 1. The SMILES string of the molecule is O=C(Nc1cccc(F)c1)c1ccc(O)c2c1C1CCC2C1. The summed E-state index contributed by atoms with van der Waals surface area (Å²) in [7, 11) is 0. The number of rotatable bonds is 2. The van der Waals surface area contributed by atoms with Crippen LogP contribution in [0.4, 0.5) is 10.1 Å². The summed E-state index contributed by atoms with van der Waals surface area (Å²) in [6, 6.07) is 9.13. The van der Waals surface area contributed by atoms with Crippen molar-refractivity contribution in [3.63, 3.8) is 0 Å². The Hall–Kier alpha value is -2.36. The lowest BCUT2D eigenvalue weighted by molar-refractivity contribution is 0.102. The second-order valence-electron chi connectivity index (χ2n) is 6.13. The van der Waals surface area contributed by atoms with Crippen LogP contribution in [0.15, 0.2) is 36.4 Å². The number of halogens is 1. The molecule has 4 rings (SSSR count). The quantitative estimate of drug-likeness (QED) is 0.875. The summed E-state index contributed by atoms with van der Waals surface area (Å²) in [5, 5.41) is 12.9. The van der Waals surface area contributed by atoms with E-state index >= 15 is 0 Å². The number of phenols is 1. The van der Waals surface area contributed by atoms with Crippen LogP contribution in [0, 0.1) is 5.82 Å². The average molecular weight is 297 g/mol. The Morgan fingerprint density at radius 1 is 1.14 bits per heavy atom. The van der Waals surface area contributed by atoms with Gasteiger partial charge in [-0.2, -0.15) is 0 Å². The van der Waals surface area contributed by atoms with Gasteiger partial charge in [-0.3, -0.25) is 4.79 Å². The van der Waals surface area contributed by atoms with Crippen molar-refractivity contribution < 1.29 is 14.3 Å². The molecule has 1 fully saturated rings. The molecule has 0 radical (unpaired) electrons. The standard InChI is InChI=1S/C18H16FNO2/c19-12-2-1-3-13(9-12)20-18(22)14-6-7-15(21)17-11-5-4-10(8-11)16(14)17/h1-3,6-7,9-11,21H,4-5,8H2,(H,20,22). The highest BCUT2D eigenvalue weighted by molar-refractivity contribution is 6.06. The number of phenolic OH excluding ortho intramolecular Hbond substituents is 1. The Morgan fingerprint density at radius 2 is 1.91 bits per heavy atom. The van der Waals surface area contributed by atoms with Gasteiger partial charge >= 0.3 is 0 Å². The van der Waals surface area contributed by atoms with Crippen molar-refractivity contribution in [1.29, 1.82) is 0 Å². The van der Waals surface area contributed by atoms with Crippen molar-refractivity contribution in [2.75, 3.05) is 5.32 Å². The van der Waals surface area contributed by atoms with Gasteiger partial charge in [0.1, 0.15) is 11.6 Å². The van der Waals surface area contributed by atoms with Crippen molar-refractivity contribution >= 4 is 11.6 Å². The molecular weight excluding hydrogens is 281 g/mol. The highest BCUT2D eigenvalue weighted by atomic mass is 19.1. The van der Waals surface area contributed by atoms with Crippen molar-refractivity contribution in [2.45, 2.75) is 31.1 Å². The molecule has 0 aliphatic heterocycles. The van der Waals surface area contributed by atoms with Crippen LogP contribution < -0.4 is 5.32 Å². The second kappa shape index (κ2) is 4.83. The Bertz CT molecular complexity index is 772. The van der Waals surface area contributed by atoms with Gasteiger partial charge in [-0.05, 0) is 67.0 Å². The third kappa shape index (κ3) is 1.98. The van der Waals surface area contributed by atoms with Crippen molar-refractivity contribution in [1.82, 2.24) is 0 Å². The first-order valence-electron chi connectivity index (χ1n) is 7.56. The van der Waals surface area contributed by atoms with Gasteiger partial charge in [-0.15, -0.1) is 0 Å². The highest BCUT2D eigenvalue weighted by Gasteiger charge is 2.41. The fraction of sp³-hybridized carbons (Fsp3) is 0.278. The molecule has 1 saturated carbocycles. The molecule has 2 aliphatic carbocycles. The van der Waals surface area contributed by atoms with Gasteiger partial charge in [0.2, 0.25) is 0 Å². The lowest BCUT2D eigenvalue weighted by Crippen LogP contribution is -2.16. The third-order valence-corrected chi connectivity index (χ3v) is 4.84. The van der Waals surface area contributed by atoms with E-state index in [2.05, 4.69) is 5.32 Å². The fourth-order valence-corrected chi connectivity index (χ4v) is 3.96. The van der Waals surface area contributed by atoms with Crippen molar-refractivity contribution in [3.8, 4) is 5.75 Å². The van der Waals surface area contributed by atoms with Gasteiger partial charge in [0.15, 0.2) is 0 Å². The minimum atomic E-state index is -0.382. The molecule has 0 aromatic heterocycles. The zero-order chi connectivity index (χ0) is 15.3. The van der Waals surface area contributed by atoms with Crippen LogP contribution in [-0.2, 0) is 0 Å². The Kier molecular flexibility index (Phi) is 2.93. The number of fused-ring (bicyclic) bond motifs is 5. The summed E-state index contributed by atoms with van der Waals surface area (Å²) in [6.07, 6.45) is 3.18. The largest absolute Gasteiger partial charge is 0.508 e. The summed E-state index contributed by atoms with van der Waals surface area (Å²) in [6.45, 7) is 0. The van der Waals surface area contributed by atoms with Crippen LogP contribution in [0.3, 0.4) is 0 Å². The van der Waals surface area contributed by atoms with Crippen LogP contribution in [-0.4, -0.2) is 11.0 Å². The van der Waals surface area contributed by atoms with Crippen LogP contribution in [0.5, 0.6) is 5.75 Å². The Labute approximate surface area is 127 Å². The van der Waals surface area contributed by atoms with E-state index in [9.17, 15) is 14.3 Å². The first kappa shape index (κ1) is 13.3. The number of carbonyl (C=O) groups is 1. The van der Waals surface area contributed by atoms with E-state index in [1.807, 2.05) is 0 Å². The average Bonchev–Trinajstić information content (AvgIpc) is 3.09. The third-order valence-electron chi connectivity index (χ3n) is 4.84. The maximum absolute atomic E-state index is 13.2. The van der Waals surface area contributed by atoms with E-state index in [1.165, 1.54) is 12.1 Å². The Morgan fingerprint density at radius 3 is 2.68 bits per heavy atom. The number of nitrogens with one attached hydrogen (secondary N) is 1. The molecule has 1 amide bonds. The molecule has 3 nitrogen and oxygen atoms in total. The van der Waals surface area contributed by atoms with Gasteiger partial charge in [0.05, 0.1) is 0 Å².